The summed E-state index contributed by atoms with van der Waals surface area (Å²) in [7, 11) is 1.49. The van der Waals surface area contributed by atoms with Gasteiger partial charge in [-0.1, -0.05) is 0 Å². The van der Waals surface area contributed by atoms with Gasteiger partial charge in [0.15, 0.2) is 0 Å². The van der Waals surface area contributed by atoms with Gasteiger partial charge in [-0.2, -0.15) is 0 Å². The largest absolute Gasteiger partial charge is 0.388 e. The quantitative estimate of drug-likeness (QED) is 0.527. The maximum absolute atomic E-state index is 9.35. The highest BCUT2D eigenvalue weighted by atomic mass is 16.6. The van der Waals surface area contributed by atoms with Crippen LogP contribution in [0.15, 0.2) is 0 Å². The van der Waals surface area contributed by atoms with Crippen LogP contribution < -0.4 is 0 Å². The van der Waals surface area contributed by atoms with Gasteiger partial charge >= 0.3 is 0 Å². The Morgan fingerprint density at radius 1 is 1.36 bits per heavy atom. The van der Waals surface area contributed by atoms with Crippen molar-refractivity contribution in [1.29, 1.82) is 0 Å². The predicted octanol–water partition coefficient (Wildman–Crippen LogP) is -0.858. The van der Waals surface area contributed by atoms with Crippen LogP contribution in [0.3, 0.4) is 0 Å². The molecule has 4 nitrogen and oxygen atoms in total. The van der Waals surface area contributed by atoms with Crippen LogP contribution in [0.25, 0.3) is 0 Å². The summed E-state index contributed by atoms with van der Waals surface area (Å²) in [6.07, 6.45) is -2.38. The van der Waals surface area contributed by atoms with Gasteiger partial charge in [0.05, 0.1) is 12.7 Å². The van der Waals surface area contributed by atoms with E-state index in [-0.39, 0.29) is 6.10 Å². The first-order valence-electron chi connectivity index (χ1n) is 3.67. The fraction of sp³-hybridized carbons (Fsp3) is 1.00. The molecule has 4 atom stereocenters. The zero-order valence-electron chi connectivity index (χ0n) is 6.73. The molecule has 1 aliphatic rings. The van der Waals surface area contributed by atoms with E-state index in [1.165, 1.54) is 7.11 Å². The number of hydrogen-bond donors (Lipinski definition) is 2. The summed E-state index contributed by atoms with van der Waals surface area (Å²) in [6.45, 7) is 2.07. The second-order valence-electron chi connectivity index (χ2n) is 2.79. The van der Waals surface area contributed by atoms with Gasteiger partial charge in [-0.25, -0.2) is 0 Å². The van der Waals surface area contributed by atoms with Crippen LogP contribution in [0, 0.1) is 0 Å². The molecule has 0 bridgehead atoms. The van der Waals surface area contributed by atoms with Crippen LogP contribution in [0.1, 0.15) is 6.92 Å². The highest BCUT2D eigenvalue weighted by molar-refractivity contribution is 4.84. The molecule has 0 aromatic rings. The smallest absolute Gasteiger partial charge is 0.111 e. The second-order valence-corrected chi connectivity index (χ2v) is 2.79. The Morgan fingerprint density at radius 3 is 2.55 bits per heavy atom. The second kappa shape index (κ2) is 3.49. The number of hydrogen-bond acceptors (Lipinski definition) is 4. The molecule has 4 heteroatoms. The molecule has 2 N–H and O–H groups in total. The molecule has 1 aliphatic heterocycles. The number of aliphatic hydroxyl groups is 2. The van der Waals surface area contributed by atoms with E-state index in [1.807, 2.05) is 0 Å². The molecule has 0 amide bonds. The Morgan fingerprint density at radius 2 is 2.00 bits per heavy atom. The van der Waals surface area contributed by atoms with Crippen LogP contribution in [-0.4, -0.2) is 48.3 Å². The van der Waals surface area contributed by atoms with Crippen LogP contribution in [0.2, 0.25) is 0 Å². The van der Waals surface area contributed by atoms with E-state index >= 15 is 0 Å². The first kappa shape index (κ1) is 8.93. The molecule has 0 saturated carbocycles. The van der Waals surface area contributed by atoms with E-state index in [4.69, 9.17) is 9.47 Å². The predicted molar refractivity (Wildman–Crippen MR) is 38.2 cm³/mol. The van der Waals surface area contributed by atoms with Gasteiger partial charge in [0.1, 0.15) is 18.3 Å². The van der Waals surface area contributed by atoms with Crippen molar-refractivity contribution in [2.75, 3.05) is 13.7 Å². The van der Waals surface area contributed by atoms with E-state index in [0.29, 0.717) is 6.61 Å². The fourth-order valence-corrected chi connectivity index (χ4v) is 1.15. The van der Waals surface area contributed by atoms with Crippen molar-refractivity contribution >= 4 is 0 Å². The van der Waals surface area contributed by atoms with E-state index in [1.54, 1.807) is 6.92 Å². The van der Waals surface area contributed by atoms with Gasteiger partial charge < -0.3 is 19.7 Å². The van der Waals surface area contributed by atoms with Gasteiger partial charge in [-0.3, -0.25) is 0 Å². The summed E-state index contributed by atoms with van der Waals surface area (Å²) in [5.74, 6) is 0. The number of ether oxygens (including phenoxy) is 2. The Balaban J connectivity index is 2.52. The molecular formula is C7H14O4. The van der Waals surface area contributed by atoms with Crippen molar-refractivity contribution in [1.82, 2.24) is 0 Å². The standard InChI is InChI=1S/C7H14O4/c1-4-6(8)7(9)5(10-2)3-11-4/h4-9H,3H2,1-2H3/t4-,5+,6+,7-/m0/s1. The molecule has 1 fully saturated rings. The highest BCUT2D eigenvalue weighted by Gasteiger charge is 2.35. The lowest BCUT2D eigenvalue weighted by Gasteiger charge is -2.35. The van der Waals surface area contributed by atoms with E-state index < -0.39 is 18.3 Å². The Kier molecular flexibility index (Phi) is 2.84. The number of aliphatic hydroxyl groups excluding tert-OH is 2. The van der Waals surface area contributed by atoms with Crippen molar-refractivity contribution in [3.05, 3.63) is 0 Å². The van der Waals surface area contributed by atoms with Gasteiger partial charge in [-0.15, -0.1) is 0 Å². The molecule has 0 aromatic carbocycles. The van der Waals surface area contributed by atoms with Crippen molar-refractivity contribution in [3.8, 4) is 0 Å². The molecule has 11 heavy (non-hydrogen) atoms. The van der Waals surface area contributed by atoms with Gasteiger partial charge in [0.2, 0.25) is 0 Å². The zero-order chi connectivity index (χ0) is 8.43. The topological polar surface area (TPSA) is 58.9 Å². The van der Waals surface area contributed by atoms with E-state index in [0.717, 1.165) is 0 Å². The molecule has 0 aliphatic carbocycles. The SMILES string of the molecule is CO[C@@H]1CO[C@@H](C)[C@@H](O)[C@H]1O. The Hall–Kier alpha value is -0.160. The zero-order valence-corrected chi connectivity index (χ0v) is 6.73. The summed E-state index contributed by atoms with van der Waals surface area (Å²) >= 11 is 0. The lowest BCUT2D eigenvalue weighted by atomic mass is 10.0. The van der Waals surface area contributed by atoms with Crippen molar-refractivity contribution in [2.24, 2.45) is 0 Å². The molecule has 1 heterocycles. The first-order chi connectivity index (χ1) is 5.16. The molecular weight excluding hydrogens is 148 g/mol. The van der Waals surface area contributed by atoms with Crippen molar-refractivity contribution in [2.45, 2.75) is 31.3 Å². The fourth-order valence-electron chi connectivity index (χ4n) is 1.15. The third-order valence-electron chi connectivity index (χ3n) is 2.04. The van der Waals surface area contributed by atoms with Crippen LogP contribution >= 0.6 is 0 Å². The van der Waals surface area contributed by atoms with Crippen LogP contribution in [-0.2, 0) is 9.47 Å². The first-order valence-corrected chi connectivity index (χ1v) is 3.67. The monoisotopic (exact) mass is 162 g/mol. The summed E-state index contributed by atoms with van der Waals surface area (Å²) in [5.41, 5.74) is 0. The normalized spacial score (nSPS) is 45.8. The molecule has 0 radical (unpaired) electrons. The minimum absolute atomic E-state index is 0.309. The minimum Gasteiger partial charge on any atom is -0.388 e. The van der Waals surface area contributed by atoms with Crippen molar-refractivity contribution < 1.29 is 19.7 Å². The number of methoxy groups -OCH3 is 1. The average molecular weight is 162 g/mol. The minimum atomic E-state index is -0.839. The lowest BCUT2D eigenvalue weighted by Crippen LogP contribution is -2.52. The van der Waals surface area contributed by atoms with Crippen LogP contribution in [0.5, 0.6) is 0 Å². The molecule has 1 saturated heterocycles. The third kappa shape index (κ3) is 1.70. The van der Waals surface area contributed by atoms with Crippen LogP contribution in [0.4, 0.5) is 0 Å². The molecule has 0 unspecified atom stereocenters. The molecule has 0 spiro atoms. The summed E-state index contributed by atoms with van der Waals surface area (Å²) in [4.78, 5) is 0. The maximum atomic E-state index is 9.35. The highest BCUT2D eigenvalue weighted by Crippen LogP contribution is 2.16. The third-order valence-corrected chi connectivity index (χ3v) is 2.04. The lowest BCUT2D eigenvalue weighted by molar-refractivity contribution is -0.189. The average Bonchev–Trinajstić information content (AvgIpc) is 2.01. The van der Waals surface area contributed by atoms with E-state index in [2.05, 4.69) is 0 Å². The number of rotatable bonds is 1. The van der Waals surface area contributed by atoms with Gasteiger partial charge in [-0.05, 0) is 6.92 Å². The maximum Gasteiger partial charge on any atom is 0.111 e. The molecule has 66 valence electrons. The molecule has 1 rings (SSSR count). The Labute approximate surface area is 65.7 Å². The molecule has 0 aromatic heterocycles. The summed E-state index contributed by atoms with van der Waals surface area (Å²) in [5, 5.41) is 18.6. The Bertz CT molecular complexity index is 126. The summed E-state index contributed by atoms with van der Waals surface area (Å²) < 4.78 is 10.0. The summed E-state index contributed by atoms with van der Waals surface area (Å²) in [6, 6.07) is 0. The van der Waals surface area contributed by atoms with Gasteiger partial charge in [0, 0.05) is 7.11 Å². The van der Waals surface area contributed by atoms with Crippen molar-refractivity contribution in [3.63, 3.8) is 0 Å². The van der Waals surface area contributed by atoms with Gasteiger partial charge in [0.25, 0.3) is 0 Å². The van der Waals surface area contributed by atoms with E-state index in [9.17, 15) is 10.2 Å².